The van der Waals surface area contributed by atoms with Crippen LogP contribution in [0.1, 0.15) is 27.2 Å². The summed E-state index contributed by atoms with van der Waals surface area (Å²) in [6.45, 7) is 7.26. The highest BCUT2D eigenvalue weighted by Crippen LogP contribution is 2.45. The van der Waals surface area contributed by atoms with E-state index in [9.17, 15) is 0 Å². The zero-order chi connectivity index (χ0) is 11.1. The molecule has 2 rings (SSSR count). The van der Waals surface area contributed by atoms with Crippen molar-refractivity contribution in [2.45, 2.75) is 45.2 Å². The molecule has 0 saturated heterocycles. The summed E-state index contributed by atoms with van der Waals surface area (Å²) in [4.78, 5) is 0. The molecule has 1 saturated carbocycles. The Bertz CT molecular complexity index is 347. The topological polar surface area (TPSA) is 42.7 Å². The Balaban J connectivity index is 2.05. The van der Waals surface area contributed by atoms with Gasteiger partial charge in [-0.3, -0.25) is 0 Å². The van der Waals surface area contributed by atoms with Crippen LogP contribution < -0.4 is 5.32 Å². The monoisotopic (exact) mass is 228 g/mol. The van der Waals surface area contributed by atoms with E-state index in [1.54, 1.807) is 6.20 Å². The number of aryl methyl sites for hydroxylation is 1. The minimum absolute atomic E-state index is 0.143. The lowest BCUT2D eigenvalue weighted by molar-refractivity contribution is 0.167. The summed E-state index contributed by atoms with van der Waals surface area (Å²) in [5, 5.41) is 11.6. The van der Waals surface area contributed by atoms with E-state index in [1.807, 2.05) is 4.68 Å². The third kappa shape index (κ3) is 1.71. The van der Waals surface area contributed by atoms with Crippen LogP contribution in [0.2, 0.25) is 0 Å². The van der Waals surface area contributed by atoms with E-state index in [1.165, 1.54) is 0 Å². The van der Waals surface area contributed by atoms with Crippen LogP contribution >= 0.6 is 11.6 Å². The van der Waals surface area contributed by atoms with Crippen molar-refractivity contribution in [3.63, 3.8) is 0 Å². The molecule has 1 aromatic heterocycles. The maximum Gasteiger partial charge on any atom is 0.145 e. The Hall–Kier alpha value is -0.770. The number of aromatic nitrogens is 3. The highest BCUT2D eigenvalue weighted by molar-refractivity contribution is 6.21. The van der Waals surface area contributed by atoms with E-state index >= 15 is 0 Å². The summed E-state index contributed by atoms with van der Waals surface area (Å²) in [6.07, 6.45) is 2.77. The number of halogens is 1. The lowest BCUT2D eigenvalue weighted by atomic mass is 9.67. The van der Waals surface area contributed by atoms with Crippen LogP contribution in [0.4, 0.5) is 5.82 Å². The number of nitrogens with zero attached hydrogens (tertiary/aromatic N) is 3. The minimum Gasteiger partial charge on any atom is -0.366 e. The average molecular weight is 229 g/mol. The standard InChI is InChI=1S/C10H17ClN4/c1-4-15-9(6-12-14-15)13-8-5-7(11)10(8,2)3/h6-8,13H,4-5H2,1-3H3. The molecule has 15 heavy (non-hydrogen) atoms. The van der Waals surface area contributed by atoms with Crippen LogP contribution in [0, 0.1) is 5.41 Å². The SMILES string of the molecule is CCn1nncc1NC1CC(Cl)C1(C)C. The first-order valence-electron chi connectivity index (χ1n) is 5.34. The van der Waals surface area contributed by atoms with Crippen molar-refractivity contribution in [2.75, 3.05) is 5.32 Å². The highest BCUT2D eigenvalue weighted by Gasteiger charge is 2.47. The summed E-state index contributed by atoms with van der Waals surface area (Å²) in [7, 11) is 0. The number of hydrogen-bond donors (Lipinski definition) is 1. The first kappa shape index (κ1) is 10.7. The molecule has 0 aromatic carbocycles. The molecular formula is C10H17ClN4. The van der Waals surface area contributed by atoms with Crippen LogP contribution in [0.15, 0.2) is 6.20 Å². The molecule has 1 aliphatic rings. The number of nitrogens with one attached hydrogen (secondary N) is 1. The van der Waals surface area contributed by atoms with Gasteiger partial charge in [0.15, 0.2) is 0 Å². The number of alkyl halides is 1. The second-order valence-electron chi connectivity index (χ2n) is 4.66. The van der Waals surface area contributed by atoms with Gasteiger partial charge in [0.25, 0.3) is 0 Å². The summed E-state index contributed by atoms with van der Waals surface area (Å²) >= 11 is 6.17. The fourth-order valence-electron chi connectivity index (χ4n) is 1.90. The molecule has 1 fully saturated rings. The molecule has 1 aromatic rings. The maximum absolute atomic E-state index is 6.17. The largest absolute Gasteiger partial charge is 0.366 e. The van der Waals surface area contributed by atoms with E-state index in [4.69, 9.17) is 11.6 Å². The van der Waals surface area contributed by atoms with Gasteiger partial charge >= 0.3 is 0 Å². The summed E-state index contributed by atoms with van der Waals surface area (Å²) in [5.74, 6) is 0.985. The van der Waals surface area contributed by atoms with Crippen molar-refractivity contribution in [1.29, 1.82) is 0 Å². The van der Waals surface area contributed by atoms with Gasteiger partial charge in [-0.05, 0) is 13.3 Å². The van der Waals surface area contributed by atoms with Gasteiger partial charge in [0.1, 0.15) is 5.82 Å². The van der Waals surface area contributed by atoms with E-state index in [0.717, 1.165) is 18.8 Å². The zero-order valence-corrected chi connectivity index (χ0v) is 10.1. The number of hydrogen-bond acceptors (Lipinski definition) is 3. The molecule has 1 heterocycles. The molecule has 4 nitrogen and oxygen atoms in total. The smallest absolute Gasteiger partial charge is 0.145 e. The van der Waals surface area contributed by atoms with Crippen molar-refractivity contribution >= 4 is 17.4 Å². The van der Waals surface area contributed by atoms with Crippen LogP contribution in [-0.4, -0.2) is 26.4 Å². The van der Waals surface area contributed by atoms with Gasteiger partial charge < -0.3 is 5.32 Å². The average Bonchev–Trinajstić information content (AvgIpc) is 2.65. The van der Waals surface area contributed by atoms with Gasteiger partial charge in [0.05, 0.1) is 6.20 Å². The third-order valence-electron chi connectivity index (χ3n) is 3.39. The fourth-order valence-corrected chi connectivity index (χ4v) is 2.23. The molecule has 0 spiro atoms. The summed E-state index contributed by atoms with van der Waals surface area (Å²) in [6, 6.07) is 0.420. The van der Waals surface area contributed by atoms with Crippen LogP contribution in [0.3, 0.4) is 0 Å². The third-order valence-corrected chi connectivity index (χ3v) is 4.13. The van der Waals surface area contributed by atoms with Crippen molar-refractivity contribution in [2.24, 2.45) is 5.41 Å². The first-order chi connectivity index (χ1) is 7.05. The van der Waals surface area contributed by atoms with Crippen LogP contribution in [0.5, 0.6) is 0 Å². The Labute approximate surface area is 95.0 Å². The van der Waals surface area contributed by atoms with E-state index in [0.29, 0.717) is 6.04 Å². The van der Waals surface area contributed by atoms with Crippen LogP contribution in [0.25, 0.3) is 0 Å². The Morgan fingerprint density at radius 2 is 2.40 bits per heavy atom. The summed E-state index contributed by atoms with van der Waals surface area (Å²) < 4.78 is 1.86. The second kappa shape index (κ2) is 3.67. The molecule has 5 heteroatoms. The summed E-state index contributed by atoms with van der Waals surface area (Å²) in [5.41, 5.74) is 0.143. The first-order valence-corrected chi connectivity index (χ1v) is 5.78. The van der Waals surface area contributed by atoms with Crippen LogP contribution in [-0.2, 0) is 6.54 Å². The Kier molecular flexibility index (Phi) is 2.63. The molecule has 84 valence electrons. The van der Waals surface area contributed by atoms with Gasteiger partial charge in [-0.2, -0.15) is 0 Å². The molecule has 2 atom stereocenters. The predicted molar refractivity (Wildman–Crippen MR) is 61.1 cm³/mol. The normalized spacial score (nSPS) is 28.5. The van der Waals surface area contributed by atoms with E-state index in [-0.39, 0.29) is 10.8 Å². The number of anilines is 1. The van der Waals surface area contributed by atoms with Crippen molar-refractivity contribution in [3.05, 3.63) is 6.20 Å². The number of rotatable bonds is 3. The molecule has 0 amide bonds. The fraction of sp³-hybridized carbons (Fsp3) is 0.800. The highest BCUT2D eigenvalue weighted by atomic mass is 35.5. The molecule has 1 N–H and O–H groups in total. The quantitative estimate of drug-likeness (QED) is 0.806. The van der Waals surface area contributed by atoms with Gasteiger partial charge in [-0.25, -0.2) is 4.68 Å². The minimum atomic E-state index is 0.143. The van der Waals surface area contributed by atoms with Gasteiger partial charge in [-0.1, -0.05) is 19.1 Å². The molecule has 1 aliphatic carbocycles. The molecule has 0 radical (unpaired) electrons. The van der Waals surface area contributed by atoms with Crippen molar-refractivity contribution in [3.8, 4) is 0 Å². The van der Waals surface area contributed by atoms with E-state index in [2.05, 4.69) is 36.4 Å². The second-order valence-corrected chi connectivity index (χ2v) is 5.18. The van der Waals surface area contributed by atoms with Gasteiger partial charge in [0, 0.05) is 23.4 Å². The molecule has 0 bridgehead atoms. The Morgan fingerprint density at radius 3 is 2.93 bits per heavy atom. The molecule has 2 unspecified atom stereocenters. The van der Waals surface area contributed by atoms with E-state index < -0.39 is 0 Å². The molecule has 0 aliphatic heterocycles. The lowest BCUT2D eigenvalue weighted by Crippen LogP contribution is -2.54. The lowest BCUT2D eigenvalue weighted by Gasteiger charge is -2.49. The Morgan fingerprint density at radius 1 is 1.67 bits per heavy atom. The van der Waals surface area contributed by atoms with Crippen molar-refractivity contribution < 1.29 is 0 Å². The molecular weight excluding hydrogens is 212 g/mol. The zero-order valence-electron chi connectivity index (χ0n) is 9.37. The predicted octanol–water partition coefficient (Wildman–Crippen LogP) is 2.12. The van der Waals surface area contributed by atoms with Gasteiger partial charge in [-0.15, -0.1) is 16.7 Å². The van der Waals surface area contributed by atoms with Gasteiger partial charge in [0.2, 0.25) is 0 Å². The van der Waals surface area contributed by atoms with Crippen molar-refractivity contribution in [1.82, 2.24) is 15.0 Å². The maximum atomic E-state index is 6.17.